The number of methoxy groups -OCH3 is 1. The van der Waals surface area contributed by atoms with E-state index in [-0.39, 0.29) is 18.2 Å². The Labute approximate surface area is 126 Å². The largest absolute Gasteiger partial charge is 0.464 e. The summed E-state index contributed by atoms with van der Waals surface area (Å²) in [5.74, 6) is -0.988. The smallest absolute Gasteiger partial charge is 0.360 e. The van der Waals surface area contributed by atoms with Gasteiger partial charge in [0.25, 0.3) is 0 Å². The number of hydrogen-bond acceptors (Lipinski definition) is 4. The maximum Gasteiger partial charge on any atom is 0.360 e. The molecule has 7 heteroatoms. The average molecular weight is 312 g/mol. The summed E-state index contributed by atoms with van der Waals surface area (Å²) in [6.07, 6.45) is 0. The van der Waals surface area contributed by atoms with Gasteiger partial charge < -0.3 is 4.74 Å². The molecule has 112 valence electrons. The normalized spacial score (nSPS) is 11.0. The molecular formula is C14H15ClFN3O2. The minimum atomic E-state index is -0.554. The molecule has 0 atom stereocenters. The molecule has 5 nitrogen and oxygen atoms in total. The zero-order valence-electron chi connectivity index (χ0n) is 11.9. The number of ether oxygens (including phenoxy) is 1. The molecule has 0 aliphatic carbocycles. The minimum Gasteiger partial charge on any atom is -0.464 e. The molecule has 1 aromatic carbocycles. The Hall–Kier alpha value is -1.95. The van der Waals surface area contributed by atoms with Crippen LogP contribution in [0.4, 0.5) is 4.39 Å². The summed E-state index contributed by atoms with van der Waals surface area (Å²) in [6.45, 7) is 3.97. The van der Waals surface area contributed by atoms with Gasteiger partial charge in [-0.2, -0.15) is 0 Å². The second kappa shape index (κ2) is 6.22. The van der Waals surface area contributed by atoms with Gasteiger partial charge in [-0.3, -0.25) is 0 Å². The van der Waals surface area contributed by atoms with Gasteiger partial charge in [-0.1, -0.05) is 36.7 Å². The Kier molecular flexibility index (Phi) is 4.57. The highest BCUT2D eigenvalue weighted by atomic mass is 35.5. The van der Waals surface area contributed by atoms with Crippen LogP contribution in [0, 0.1) is 5.82 Å². The molecule has 2 rings (SSSR count). The number of nitrogens with zero attached hydrogens (tertiary/aromatic N) is 3. The molecule has 0 radical (unpaired) electrons. The van der Waals surface area contributed by atoms with Crippen LogP contribution in [-0.2, 0) is 11.3 Å². The zero-order chi connectivity index (χ0) is 15.6. The molecule has 0 aliphatic heterocycles. The van der Waals surface area contributed by atoms with Gasteiger partial charge in [-0.25, -0.2) is 13.9 Å². The van der Waals surface area contributed by atoms with E-state index in [1.54, 1.807) is 12.1 Å². The van der Waals surface area contributed by atoms with Crippen molar-refractivity contribution in [2.45, 2.75) is 26.3 Å². The van der Waals surface area contributed by atoms with Crippen LogP contribution < -0.4 is 0 Å². The van der Waals surface area contributed by atoms with Crippen LogP contribution in [0.3, 0.4) is 0 Å². The molecule has 0 unspecified atom stereocenters. The lowest BCUT2D eigenvalue weighted by atomic mass is 10.1. The molecule has 0 aliphatic rings. The van der Waals surface area contributed by atoms with Crippen LogP contribution in [-0.4, -0.2) is 28.1 Å². The van der Waals surface area contributed by atoms with Crippen molar-refractivity contribution in [3.63, 3.8) is 0 Å². The summed E-state index contributed by atoms with van der Waals surface area (Å²) in [4.78, 5) is 11.7. The third kappa shape index (κ3) is 3.21. The molecule has 0 N–H and O–H groups in total. The van der Waals surface area contributed by atoms with Crippen molar-refractivity contribution in [1.29, 1.82) is 0 Å². The Bertz CT molecular complexity index is 670. The quantitative estimate of drug-likeness (QED) is 0.814. The van der Waals surface area contributed by atoms with Crippen LogP contribution in [0.1, 0.15) is 41.5 Å². The van der Waals surface area contributed by atoms with Crippen LogP contribution >= 0.6 is 11.6 Å². The van der Waals surface area contributed by atoms with Crippen molar-refractivity contribution in [1.82, 2.24) is 15.0 Å². The summed E-state index contributed by atoms with van der Waals surface area (Å²) in [5, 5.41) is 8.10. The molecule has 0 fully saturated rings. The van der Waals surface area contributed by atoms with Gasteiger partial charge in [-0.15, -0.1) is 5.10 Å². The summed E-state index contributed by atoms with van der Waals surface area (Å²) in [7, 11) is 1.28. The maximum absolute atomic E-state index is 13.9. The van der Waals surface area contributed by atoms with E-state index >= 15 is 0 Å². The molecule has 0 saturated carbocycles. The molecule has 1 heterocycles. The van der Waals surface area contributed by atoms with E-state index in [1.807, 2.05) is 13.8 Å². The van der Waals surface area contributed by atoms with Crippen molar-refractivity contribution in [2.24, 2.45) is 0 Å². The van der Waals surface area contributed by atoms with Crippen LogP contribution in [0.15, 0.2) is 18.2 Å². The Balaban J connectivity index is 2.40. The van der Waals surface area contributed by atoms with Crippen molar-refractivity contribution in [3.05, 3.63) is 46.0 Å². The average Bonchev–Trinajstić information content (AvgIpc) is 2.85. The first kappa shape index (κ1) is 15.4. The number of benzene rings is 1. The predicted octanol–water partition coefficient (Wildman–Crippen LogP) is 3.03. The topological polar surface area (TPSA) is 57.0 Å². The lowest BCUT2D eigenvalue weighted by Crippen LogP contribution is -2.12. The van der Waals surface area contributed by atoms with E-state index in [0.29, 0.717) is 16.3 Å². The first-order valence-corrected chi connectivity index (χ1v) is 6.77. The summed E-state index contributed by atoms with van der Waals surface area (Å²) < 4.78 is 20.0. The zero-order valence-corrected chi connectivity index (χ0v) is 12.7. The highest BCUT2D eigenvalue weighted by molar-refractivity contribution is 6.30. The number of carbonyl (C=O) groups excluding carboxylic acids is 1. The lowest BCUT2D eigenvalue weighted by Gasteiger charge is -2.11. The fourth-order valence-electron chi connectivity index (χ4n) is 2.06. The minimum absolute atomic E-state index is 0.00976. The maximum atomic E-state index is 13.9. The first-order chi connectivity index (χ1) is 9.93. The monoisotopic (exact) mass is 311 g/mol. The Morgan fingerprint density at radius 1 is 1.48 bits per heavy atom. The standard InChI is InChI=1S/C14H15ClFN3O2/c1-8(2)13-12(14(20)21-3)17-18-19(13)7-9-4-5-10(15)6-11(9)16/h4-6,8H,7H2,1-3H3. The van der Waals surface area contributed by atoms with Crippen LogP contribution in [0.25, 0.3) is 0 Å². The van der Waals surface area contributed by atoms with Gasteiger partial charge in [0.15, 0.2) is 5.69 Å². The summed E-state index contributed by atoms with van der Waals surface area (Å²) >= 11 is 5.73. The second-order valence-electron chi connectivity index (χ2n) is 4.86. The van der Waals surface area contributed by atoms with Crippen molar-refractivity contribution < 1.29 is 13.9 Å². The van der Waals surface area contributed by atoms with Gasteiger partial charge in [0.2, 0.25) is 0 Å². The molecule has 0 amide bonds. The van der Waals surface area contributed by atoms with Crippen molar-refractivity contribution in [2.75, 3.05) is 7.11 Å². The van der Waals surface area contributed by atoms with Gasteiger partial charge in [0.05, 0.1) is 19.3 Å². The number of hydrogen-bond donors (Lipinski definition) is 0. The molecule has 1 aromatic heterocycles. The number of aromatic nitrogens is 3. The highest BCUT2D eigenvalue weighted by Gasteiger charge is 2.23. The molecule has 0 saturated heterocycles. The molecule has 21 heavy (non-hydrogen) atoms. The first-order valence-electron chi connectivity index (χ1n) is 6.39. The van der Waals surface area contributed by atoms with E-state index in [1.165, 1.54) is 17.9 Å². The number of rotatable bonds is 4. The van der Waals surface area contributed by atoms with E-state index in [4.69, 9.17) is 11.6 Å². The Morgan fingerprint density at radius 2 is 2.19 bits per heavy atom. The van der Waals surface area contributed by atoms with E-state index in [2.05, 4.69) is 15.0 Å². The third-order valence-electron chi connectivity index (χ3n) is 3.03. The van der Waals surface area contributed by atoms with Crippen LogP contribution in [0.5, 0.6) is 0 Å². The second-order valence-corrected chi connectivity index (χ2v) is 5.30. The number of halogens is 2. The van der Waals surface area contributed by atoms with Gasteiger partial charge in [0.1, 0.15) is 5.82 Å². The number of carbonyl (C=O) groups is 1. The SMILES string of the molecule is COC(=O)c1nnn(Cc2ccc(Cl)cc2F)c1C(C)C. The highest BCUT2D eigenvalue weighted by Crippen LogP contribution is 2.21. The van der Waals surface area contributed by atoms with E-state index < -0.39 is 11.8 Å². The van der Waals surface area contributed by atoms with Gasteiger partial charge in [0, 0.05) is 10.6 Å². The van der Waals surface area contributed by atoms with Crippen LogP contribution in [0.2, 0.25) is 5.02 Å². The summed E-state index contributed by atoms with van der Waals surface area (Å²) in [5.41, 5.74) is 1.18. The number of esters is 1. The van der Waals surface area contributed by atoms with Gasteiger partial charge in [-0.05, 0) is 18.1 Å². The fraction of sp³-hybridized carbons (Fsp3) is 0.357. The van der Waals surface area contributed by atoms with E-state index in [9.17, 15) is 9.18 Å². The predicted molar refractivity (Wildman–Crippen MR) is 76.0 cm³/mol. The molecule has 0 spiro atoms. The fourth-order valence-corrected chi connectivity index (χ4v) is 2.22. The van der Waals surface area contributed by atoms with Crippen molar-refractivity contribution in [3.8, 4) is 0 Å². The Morgan fingerprint density at radius 3 is 2.76 bits per heavy atom. The molecule has 2 aromatic rings. The summed E-state index contributed by atoms with van der Waals surface area (Å²) in [6, 6.07) is 4.43. The lowest BCUT2D eigenvalue weighted by molar-refractivity contribution is 0.0592. The van der Waals surface area contributed by atoms with E-state index in [0.717, 1.165) is 0 Å². The van der Waals surface area contributed by atoms with Crippen molar-refractivity contribution >= 4 is 17.6 Å². The molecular weight excluding hydrogens is 297 g/mol. The third-order valence-corrected chi connectivity index (χ3v) is 3.27. The molecule has 0 bridgehead atoms. The van der Waals surface area contributed by atoms with Gasteiger partial charge >= 0.3 is 5.97 Å².